The van der Waals surface area contributed by atoms with Crippen LogP contribution in [0.1, 0.15) is 68.2 Å². The number of rotatable bonds is 6. The molecule has 0 amide bonds. The van der Waals surface area contributed by atoms with Gasteiger partial charge >= 0.3 is 5.97 Å². The first-order valence-corrected chi connectivity index (χ1v) is 11.9. The summed E-state index contributed by atoms with van der Waals surface area (Å²) in [5.41, 5.74) is 1.49. The Morgan fingerprint density at radius 2 is 1.52 bits per heavy atom. The van der Waals surface area contributed by atoms with E-state index in [2.05, 4.69) is 53.0 Å². The van der Waals surface area contributed by atoms with E-state index in [1.54, 1.807) is 0 Å². The third kappa shape index (κ3) is 3.90. The van der Waals surface area contributed by atoms with Gasteiger partial charge < -0.3 is 10.2 Å². The Labute approximate surface area is 163 Å². The number of carbonyl (C=O) groups excluding carboxylic acids is 2. The van der Waals surface area contributed by atoms with Crippen molar-refractivity contribution in [3.63, 3.8) is 0 Å². The van der Waals surface area contributed by atoms with Gasteiger partial charge in [-0.05, 0) is 30.5 Å². The number of hydrogen-bond acceptors (Lipinski definition) is 4. The number of aliphatic hydroxyl groups excluding tert-OH is 1. The molecule has 152 valence electrons. The van der Waals surface area contributed by atoms with E-state index < -0.39 is 43.2 Å². The molecule has 1 aliphatic carbocycles. The second-order valence-electron chi connectivity index (χ2n) is 9.29. The topological polar surface area (TPSA) is 91.7 Å². The molecule has 0 radical (unpaired) electrons. The largest absolute Gasteiger partial charge is 0.481 e. The fourth-order valence-electron chi connectivity index (χ4n) is 4.68. The SMILES string of the molecule is CC(C)[Si](C#C[C@@]1(C(O)CC(=O)O)CC(=O)C(C)(C)C1=O)(C(C)C)C(C)C. The predicted molar refractivity (Wildman–Crippen MR) is 108 cm³/mol. The summed E-state index contributed by atoms with van der Waals surface area (Å²) >= 11 is 0. The van der Waals surface area contributed by atoms with Crippen LogP contribution in [-0.2, 0) is 14.4 Å². The summed E-state index contributed by atoms with van der Waals surface area (Å²) < 4.78 is 0. The smallest absolute Gasteiger partial charge is 0.306 e. The van der Waals surface area contributed by atoms with Crippen LogP contribution < -0.4 is 0 Å². The lowest BCUT2D eigenvalue weighted by atomic mass is 9.75. The van der Waals surface area contributed by atoms with Crippen LogP contribution in [0.3, 0.4) is 0 Å². The monoisotopic (exact) mass is 394 g/mol. The first kappa shape index (κ1) is 23.6. The molecule has 0 spiro atoms. The lowest BCUT2D eigenvalue weighted by molar-refractivity contribution is -0.143. The molecule has 0 aliphatic heterocycles. The van der Waals surface area contributed by atoms with E-state index in [1.807, 2.05) is 0 Å². The molecule has 5 nitrogen and oxygen atoms in total. The van der Waals surface area contributed by atoms with E-state index in [1.165, 1.54) is 13.8 Å². The number of carboxylic acid groups (broad SMARTS) is 1. The van der Waals surface area contributed by atoms with Gasteiger partial charge in [0.2, 0.25) is 0 Å². The summed E-state index contributed by atoms with van der Waals surface area (Å²) in [4.78, 5) is 36.8. The molecule has 1 fully saturated rings. The molecular formula is C21H34O5Si. The van der Waals surface area contributed by atoms with Crippen molar-refractivity contribution in [2.45, 2.75) is 91.0 Å². The van der Waals surface area contributed by atoms with Crippen LogP contribution in [-0.4, -0.2) is 41.9 Å². The molecule has 0 aromatic rings. The van der Waals surface area contributed by atoms with E-state index in [-0.39, 0.29) is 12.2 Å². The van der Waals surface area contributed by atoms with Gasteiger partial charge in [0.05, 0.1) is 17.9 Å². The van der Waals surface area contributed by atoms with Crippen molar-refractivity contribution in [1.82, 2.24) is 0 Å². The average molecular weight is 395 g/mol. The van der Waals surface area contributed by atoms with Crippen LogP contribution in [0.25, 0.3) is 0 Å². The van der Waals surface area contributed by atoms with E-state index >= 15 is 0 Å². The number of Topliss-reactive ketones (excluding diaryl/α,β-unsaturated/α-hetero) is 2. The zero-order chi connectivity index (χ0) is 21.4. The Morgan fingerprint density at radius 1 is 1.07 bits per heavy atom. The van der Waals surface area contributed by atoms with Crippen LogP contribution in [0, 0.1) is 22.3 Å². The molecule has 1 saturated carbocycles. The lowest BCUT2D eigenvalue weighted by Gasteiger charge is -2.39. The van der Waals surface area contributed by atoms with Gasteiger partial charge in [0.15, 0.2) is 5.78 Å². The standard InChI is InChI=1S/C21H34O5Si/c1-13(2)27(14(3)4,15(5)6)10-9-21(16(22)11-18(24)25)12-17(23)20(7,8)19(21)26/h13-16,22H,11-12H2,1-8H3,(H,24,25)/t16?,21-/m0/s1. The third-order valence-corrected chi connectivity index (χ3v) is 12.7. The van der Waals surface area contributed by atoms with Crippen molar-refractivity contribution >= 4 is 25.6 Å². The summed E-state index contributed by atoms with van der Waals surface area (Å²) in [6.07, 6.45) is -2.33. The van der Waals surface area contributed by atoms with Gasteiger partial charge in [-0.3, -0.25) is 14.4 Å². The van der Waals surface area contributed by atoms with Crippen molar-refractivity contribution in [1.29, 1.82) is 0 Å². The fourth-order valence-corrected chi connectivity index (χ4v) is 9.99. The molecule has 0 aromatic heterocycles. The summed E-state index contributed by atoms with van der Waals surface area (Å²) in [6.45, 7) is 15.9. The first-order chi connectivity index (χ1) is 12.2. The highest BCUT2D eigenvalue weighted by molar-refractivity contribution is 6.90. The zero-order valence-corrected chi connectivity index (χ0v) is 18.8. The van der Waals surface area contributed by atoms with Crippen LogP contribution in [0.2, 0.25) is 16.6 Å². The number of hydrogen-bond donors (Lipinski definition) is 2. The Balaban J connectivity index is 3.67. The maximum Gasteiger partial charge on any atom is 0.306 e. The number of aliphatic hydroxyl groups is 1. The highest BCUT2D eigenvalue weighted by atomic mass is 28.3. The van der Waals surface area contributed by atoms with Gasteiger partial charge in [-0.15, -0.1) is 5.54 Å². The Hall–Kier alpha value is -1.45. The van der Waals surface area contributed by atoms with Gasteiger partial charge in [-0.25, -0.2) is 0 Å². The molecule has 2 N–H and O–H groups in total. The minimum absolute atomic E-state index is 0.223. The molecule has 27 heavy (non-hydrogen) atoms. The number of carbonyl (C=O) groups is 3. The zero-order valence-electron chi connectivity index (χ0n) is 17.8. The molecule has 0 bridgehead atoms. The maximum atomic E-state index is 13.1. The van der Waals surface area contributed by atoms with Gasteiger partial charge in [-0.2, -0.15) is 0 Å². The van der Waals surface area contributed by atoms with Crippen LogP contribution in [0.4, 0.5) is 0 Å². The highest BCUT2D eigenvalue weighted by Crippen LogP contribution is 2.47. The minimum atomic E-state index is -2.21. The fraction of sp³-hybridized carbons (Fsp3) is 0.762. The Bertz CT molecular complexity index is 659. The Kier molecular flexibility index (Phi) is 6.89. The molecule has 2 atom stereocenters. The van der Waals surface area contributed by atoms with Gasteiger partial charge in [0, 0.05) is 6.42 Å². The number of carboxylic acids is 1. The molecule has 0 saturated heterocycles. The second kappa shape index (κ2) is 7.88. The highest BCUT2D eigenvalue weighted by Gasteiger charge is 2.60. The normalized spacial score (nSPS) is 23.7. The van der Waals surface area contributed by atoms with Crippen molar-refractivity contribution in [3.8, 4) is 11.5 Å². The summed E-state index contributed by atoms with van der Waals surface area (Å²) in [7, 11) is -2.21. The summed E-state index contributed by atoms with van der Waals surface area (Å²) in [6, 6.07) is 0. The van der Waals surface area contributed by atoms with Crippen molar-refractivity contribution in [2.75, 3.05) is 0 Å². The van der Waals surface area contributed by atoms with Gasteiger partial charge in [0.1, 0.15) is 19.3 Å². The first-order valence-electron chi connectivity index (χ1n) is 9.68. The average Bonchev–Trinajstić information content (AvgIpc) is 2.67. The molecule has 6 heteroatoms. The van der Waals surface area contributed by atoms with Crippen molar-refractivity contribution < 1.29 is 24.6 Å². The van der Waals surface area contributed by atoms with Crippen LogP contribution in [0.5, 0.6) is 0 Å². The number of aliphatic carboxylic acids is 1. The summed E-state index contributed by atoms with van der Waals surface area (Å²) in [5, 5.41) is 19.8. The summed E-state index contributed by atoms with van der Waals surface area (Å²) in [5.74, 6) is 1.08. The molecule has 0 heterocycles. The van der Waals surface area contributed by atoms with E-state index in [4.69, 9.17) is 5.11 Å². The maximum absolute atomic E-state index is 13.1. The number of ketones is 2. The van der Waals surface area contributed by atoms with E-state index in [0.29, 0.717) is 16.6 Å². The second-order valence-corrected chi connectivity index (χ2v) is 14.9. The minimum Gasteiger partial charge on any atom is -0.481 e. The van der Waals surface area contributed by atoms with E-state index in [9.17, 15) is 19.5 Å². The van der Waals surface area contributed by atoms with Crippen LogP contribution >= 0.6 is 0 Å². The Morgan fingerprint density at radius 3 is 1.81 bits per heavy atom. The van der Waals surface area contributed by atoms with Gasteiger partial charge in [0.25, 0.3) is 0 Å². The van der Waals surface area contributed by atoms with Crippen molar-refractivity contribution in [3.05, 3.63) is 0 Å². The molecule has 1 unspecified atom stereocenters. The van der Waals surface area contributed by atoms with E-state index in [0.717, 1.165) is 0 Å². The lowest BCUT2D eigenvalue weighted by Crippen LogP contribution is -2.46. The third-order valence-electron chi connectivity index (χ3n) is 6.41. The van der Waals surface area contributed by atoms with Gasteiger partial charge in [-0.1, -0.05) is 47.5 Å². The van der Waals surface area contributed by atoms with Crippen LogP contribution in [0.15, 0.2) is 0 Å². The molecular weight excluding hydrogens is 360 g/mol. The molecule has 1 aliphatic rings. The molecule has 1 rings (SSSR count). The molecule has 0 aromatic carbocycles. The quantitative estimate of drug-likeness (QED) is 0.408. The predicted octanol–water partition coefficient (Wildman–Crippen LogP) is 3.60. The van der Waals surface area contributed by atoms with Crippen molar-refractivity contribution in [2.24, 2.45) is 10.8 Å².